The summed E-state index contributed by atoms with van der Waals surface area (Å²) >= 11 is 0. The Balaban J connectivity index is 1.81. The number of aryl methyl sites for hydroxylation is 1. The first-order valence-corrected chi connectivity index (χ1v) is 10.1. The Labute approximate surface area is 189 Å². The molecular formula is C25H21NO7. The molecule has 8 heteroatoms. The van der Waals surface area contributed by atoms with Gasteiger partial charge in [0.05, 0.1) is 24.5 Å². The van der Waals surface area contributed by atoms with Crippen LogP contribution in [0.1, 0.15) is 11.1 Å². The normalized spacial score (nSPS) is 10.8. The highest BCUT2D eigenvalue weighted by atomic mass is 16.6. The number of non-ortho nitro benzene ring substituents is 1. The zero-order valence-corrected chi connectivity index (χ0v) is 18.3. The molecule has 4 aromatic rings. The first kappa shape index (κ1) is 21.9. The monoisotopic (exact) mass is 447 g/mol. The average Bonchev–Trinajstić information content (AvgIpc) is 2.82. The predicted octanol–water partition coefficient (Wildman–Crippen LogP) is 5.27. The predicted molar refractivity (Wildman–Crippen MR) is 123 cm³/mol. The number of fused-ring (bicyclic) bond motifs is 1. The van der Waals surface area contributed by atoms with E-state index in [1.54, 1.807) is 42.5 Å². The molecule has 0 saturated carbocycles. The second-order valence-electron chi connectivity index (χ2n) is 7.37. The molecule has 0 unspecified atom stereocenters. The summed E-state index contributed by atoms with van der Waals surface area (Å²) in [4.78, 5) is 23.8. The van der Waals surface area contributed by atoms with E-state index in [2.05, 4.69) is 0 Å². The Morgan fingerprint density at radius 1 is 0.939 bits per heavy atom. The summed E-state index contributed by atoms with van der Waals surface area (Å²) in [5.74, 6) is 1.30. The van der Waals surface area contributed by atoms with Crippen molar-refractivity contribution in [3.05, 3.63) is 92.1 Å². The SMILES string of the molecule is COc1ccc(-c2oc3cc(C)ccc3c(=O)c2OCc2ccc([N+](=O)[O-])cc2)cc1OC. The first-order chi connectivity index (χ1) is 15.9. The van der Waals surface area contributed by atoms with Crippen LogP contribution < -0.4 is 19.6 Å². The van der Waals surface area contributed by atoms with E-state index in [-0.39, 0.29) is 29.2 Å². The fourth-order valence-electron chi connectivity index (χ4n) is 3.45. The first-order valence-electron chi connectivity index (χ1n) is 10.1. The van der Waals surface area contributed by atoms with E-state index in [4.69, 9.17) is 18.6 Å². The third-order valence-electron chi connectivity index (χ3n) is 5.18. The van der Waals surface area contributed by atoms with E-state index in [9.17, 15) is 14.9 Å². The van der Waals surface area contributed by atoms with Gasteiger partial charge in [0.15, 0.2) is 17.3 Å². The van der Waals surface area contributed by atoms with Crippen LogP contribution in [0.3, 0.4) is 0 Å². The summed E-state index contributed by atoms with van der Waals surface area (Å²) in [6.45, 7) is 1.94. The van der Waals surface area contributed by atoms with Crippen molar-refractivity contribution in [2.75, 3.05) is 14.2 Å². The zero-order chi connectivity index (χ0) is 23.5. The number of hydrogen-bond acceptors (Lipinski definition) is 7. The van der Waals surface area contributed by atoms with Gasteiger partial charge >= 0.3 is 0 Å². The third-order valence-corrected chi connectivity index (χ3v) is 5.18. The van der Waals surface area contributed by atoms with Crippen LogP contribution in [-0.2, 0) is 6.61 Å². The maximum atomic E-state index is 13.3. The number of nitrogens with zero attached hydrogens (tertiary/aromatic N) is 1. The van der Waals surface area contributed by atoms with E-state index in [0.29, 0.717) is 33.6 Å². The number of rotatable bonds is 7. The number of hydrogen-bond donors (Lipinski definition) is 0. The molecule has 0 saturated heterocycles. The minimum atomic E-state index is -0.472. The van der Waals surface area contributed by atoms with Crippen molar-refractivity contribution in [2.24, 2.45) is 0 Å². The highest BCUT2D eigenvalue weighted by Crippen LogP contribution is 2.37. The van der Waals surface area contributed by atoms with Crippen LogP contribution >= 0.6 is 0 Å². The molecule has 0 amide bonds. The largest absolute Gasteiger partial charge is 0.493 e. The number of nitro benzene ring substituents is 1. The summed E-state index contributed by atoms with van der Waals surface area (Å²) in [5, 5.41) is 11.3. The molecule has 0 radical (unpaired) electrons. The van der Waals surface area contributed by atoms with E-state index in [1.807, 2.05) is 13.0 Å². The maximum Gasteiger partial charge on any atom is 0.269 e. The summed E-state index contributed by atoms with van der Waals surface area (Å²) < 4.78 is 22.8. The van der Waals surface area contributed by atoms with Gasteiger partial charge in [-0.3, -0.25) is 14.9 Å². The summed E-state index contributed by atoms with van der Waals surface area (Å²) in [6.07, 6.45) is 0. The summed E-state index contributed by atoms with van der Waals surface area (Å²) in [6, 6.07) is 16.4. The van der Waals surface area contributed by atoms with Crippen molar-refractivity contribution in [1.82, 2.24) is 0 Å². The second kappa shape index (κ2) is 9.04. The van der Waals surface area contributed by atoms with E-state index in [1.165, 1.54) is 26.4 Å². The van der Waals surface area contributed by atoms with Crippen LogP contribution in [0.4, 0.5) is 5.69 Å². The Morgan fingerprint density at radius 2 is 1.67 bits per heavy atom. The van der Waals surface area contributed by atoms with Gasteiger partial charge in [-0.25, -0.2) is 0 Å². The van der Waals surface area contributed by atoms with Crippen molar-refractivity contribution >= 4 is 16.7 Å². The average molecular weight is 447 g/mol. The van der Waals surface area contributed by atoms with Crippen molar-refractivity contribution < 1.29 is 23.6 Å². The molecule has 0 atom stereocenters. The molecule has 0 aliphatic rings. The molecule has 0 N–H and O–H groups in total. The van der Waals surface area contributed by atoms with Crippen molar-refractivity contribution in [3.8, 4) is 28.6 Å². The van der Waals surface area contributed by atoms with Crippen molar-refractivity contribution in [1.29, 1.82) is 0 Å². The van der Waals surface area contributed by atoms with E-state index in [0.717, 1.165) is 5.56 Å². The molecule has 0 fully saturated rings. The molecule has 8 nitrogen and oxygen atoms in total. The lowest BCUT2D eigenvalue weighted by molar-refractivity contribution is -0.384. The fraction of sp³-hybridized carbons (Fsp3) is 0.160. The molecular weight excluding hydrogens is 426 g/mol. The number of benzene rings is 3. The molecule has 0 spiro atoms. The van der Waals surface area contributed by atoms with Gasteiger partial charge in [-0.05, 0) is 60.5 Å². The van der Waals surface area contributed by atoms with Crippen molar-refractivity contribution in [2.45, 2.75) is 13.5 Å². The van der Waals surface area contributed by atoms with E-state index >= 15 is 0 Å². The minimum Gasteiger partial charge on any atom is -0.493 e. The van der Waals surface area contributed by atoms with Crippen LogP contribution in [0.15, 0.2) is 69.9 Å². The zero-order valence-electron chi connectivity index (χ0n) is 18.3. The van der Waals surface area contributed by atoms with Crippen molar-refractivity contribution in [3.63, 3.8) is 0 Å². The molecule has 0 aliphatic heterocycles. The molecule has 168 valence electrons. The van der Waals surface area contributed by atoms with Gasteiger partial charge in [0.1, 0.15) is 12.2 Å². The minimum absolute atomic E-state index is 0.0228. The van der Waals surface area contributed by atoms with Crippen LogP contribution in [0.25, 0.3) is 22.3 Å². The van der Waals surface area contributed by atoms with Gasteiger partial charge in [0.25, 0.3) is 5.69 Å². The molecule has 0 bridgehead atoms. The molecule has 0 aliphatic carbocycles. The van der Waals surface area contributed by atoms with Gasteiger partial charge in [-0.2, -0.15) is 0 Å². The van der Waals surface area contributed by atoms with E-state index < -0.39 is 4.92 Å². The topological polar surface area (TPSA) is 101 Å². The molecule has 1 aromatic heterocycles. The summed E-state index contributed by atoms with van der Waals surface area (Å²) in [5.41, 5.74) is 2.29. The van der Waals surface area contributed by atoms with Gasteiger partial charge < -0.3 is 18.6 Å². The maximum absolute atomic E-state index is 13.3. The van der Waals surface area contributed by atoms with Gasteiger partial charge in [0.2, 0.25) is 11.2 Å². The van der Waals surface area contributed by atoms with Crippen LogP contribution in [0.2, 0.25) is 0 Å². The van der Waals surface area contributed by atoms with Gasteiger partial charge in [-0.1, -0.05) is 6.07 Å². The Bertz CT molecular complexity index is 1390. The standard InChI is InChI=1S/C25H21NO7/c1-15-4-10-19-21(12-15)33-24(17-7-11-20(30-2)22(13-17)31-3)25(23(19)27)32-14-16-5-8-18(9-6-16)26(28)29/h4-13H,14H2,1-3H3. The lowest BCUT2D eigenvalue weighted by Gasteiger charge is -2.14. The van der Waals surface area contributed by atoms with Gasteiger partial charge in [0, 0.05) is 17.7 Å². The van der Waals surface area contributed by atoms with Gasteiger partial charge in [-0.15, -0.1) is 0 Å². The molecule has 33 heavy (non-hydrogen) atoms. The number of nitro groups is 1. The Kier molecular flexibility index (Phi) is 5.99. The lowest BCUT2D eigenvalue weighted by atomic mass is 10.1. The second-order valence-corrected chi connectivity index (χ2v) is 7.37. The number of ether oxygens (including phenoxy) is 3. The third kappa shape index (κ3) is 4.36. The Morgan fingerprint density at radius 3 is 2.33 bits per heavy atom. The summed E-state index contributed by atoms with van der Waals surface area (Å²) in [7, 11) is 3.06. The van der Waals surface area contributed by atoms with Crippen LogP contribution in [0.5, 0.6) is 17.2 Å². The smallest absolute Gasteiger partial charge is 0.269 e. The highest BCUT2D eigenvalue weighted by molar-refractivity contribution is 5.83. The number of methoxy groups -OCH3 is 2. The molecule has 4 rings (SSSR count). The highest BCUT2D eigenvalue weighted by Gasteiger charge is 2.20. The lowest BCUT2D eigenvalue weighted by Crippen LogP contribution is -2.10. The molecule has 3 aromatic carbocycles. The Hall–Kier alpha value is -4.33. The molecule has 1 heterocycles. The van der Waals surface area contributed by atoms with Crippen LogP contribution in [0, 0.1) is 17.0 Å². The fourth-order valence-corrected chi connectivity index (χ4v) is 3.45. The quantitative estimate of drug-likeness (QED) is 0.281. The van der Waals surface area contributed by atoms with Crippen LogP contribution in [-0.4, -0.2) is 19.1 Å².